The summed E-state index contributed by atoms with van der Waals surface area (Å²) in [4.78, 5) is 0. The van der Waals surface area contributed by atoms with Crippen molar-refractivity contribution in [3.05, 3.63) is 0 Å². The molecule has 0 spiro atoms. The summed E-state index contributed by atoms with van der Waals surface area (Å²) in [5.74, 6) is 0.602. The largest absolute Gasteiger partial charge is 0.377 e. The summed E-state index contributed by atoms with van der Waals surface area (Å²) in [6.45, 7) is 5.07. The van der Waals surface area contributed by atoms with Crippen LogP contribution >= 0.6 is 0 Å². The molecule has 1 fully saturated rings. The number of ether oxygens (including phenoxy) is 1. The maximum absolute atomic E-state index is 5.83. The predicted molar refractivity (Wildman–Crippen MR) is 41.8 cm³/mol. The number of nitrogens with two attached hydrogens (primary N) is 1. The van der Waals surface area contributed by atoms with Gasteiger partial charge in [0, 0.05) is 12.0 Å². The van der Waals surface area contributed by atoms with Crippen LogP contribution < -0.4 is 5.73 Å². The second-order valence-corrected chi connectivity index (χ2v) is 3.15. The van der Waals surface area contributed by atoms with E-state index in [2.05, 4.69) is 13.8 Å². The molecule has 1 saturated heterocycles. The molecule has 10 heavy (non-hydrogen) atoms. The Bertz CT molecular complexity index is 95.4. The Hall–Kier alpha value is -0.0800. The van der Waals surface area contributed by atoms with E-state index in [9.17, 15) is 0 Å². The first kappa shape index (κ1) is 8.02. The quantitative estimate of drug-likeness (QED) is 0.629. The molecule has 0 bridgehead atoms. The van der Waals surface area contributed by atoms with Crippen LogP contribution in [0.1, 0.15) is 26.7 Å². The summed E-state index contributed by atoms with van der Waals surface area (Å²) in [6.07, 6.45) is 2.81. The fraction of sp³-hybridized carbons (Fsp3) is 1.00. The van der Waals surface area contributed by atoms with E-state index in [4.69, 9.17) is 10.5 Å². The zero-order valence-electron chi connectivity index (χ0n) is 6.84. The fourth-order valence-electron chi connectivity index (χ4n) is 1.64. The van der Waals surface area contributed by atoms with Crippen molar-refractivity contribution in [3.63, 3.8) is 0 Å². The van der Waals surface area contributed by atoms with E-state index in [1.54, 1.807) is 0 Å². The third-order valence-corrected chi connectivity index (χ3v) is 2.33. The summed E-state index contributed by atoms with van der Waals surface area (Å²) in [5.41, 5.74) is 5.83. The Kier molecular flexibility index (Phi) is 2.69. The van der Waals surface area contributed by atoms with Crippen LogP contribution in [0.2, 0.25) is 0 Å². The summed E-state index contributed by atoms with van der Waals surface area (Å²) in [5, 5.41) is 0. The molecule has 1 aliphatic heterocycles. The monoisotopic (exact) mass is 143 g/mol. The van der Waals surface area contributed by atoms with Gasteiger partial charge in [0.2, 0.25) is 0 Å². The summed E-state index contributed by atoms with van der Waals surface area (Å²) >= 11 is 0. The average molecular weight is 143 g/mol. The standard InChI is InChI=1S/C8H17NO/c1-3-4-7-6(2)10-5-8(7)9/h6-8H,3-5,9H2,1-2H3. The maximum atomic E-state index is 5.83. The second kappa shape index (κ2) is 3.35. The van der Waals surface area contributed by atoms with E-state index >= 15 is 0 Å². The van der Waals surface area contributed by atoms with Gasteiger partial charge in [-0.05, 0) is 13.3 Å². The maximum Gasteiger partial charge on any atom is 0.0624 e. The molecule has 0 aromatic carbocycles. The van der Waals surface area contributed by atoms with E-state index in [-0.39, 0.29) is 6.04 Å². The Balaban J connectivity index is 2.38. The van der Waals surface area contributed by atoms with Gasteiger partial charge in [-0.1, -0.05) is 13.3 Å². The first-order chi connectivity index (χ1) is 4.75. The molecule has 2 nitrogen and oxygen atoms in total. The van der Waals surface area contributed by atoms with E-state index in [0.29, 0.717) is 12.0 Å². The summed E-state index contributed by atoms with van der Waals surface area (Å²) < 4.78 is 5.41. The Morgan fingerprint density at radius 1 is 1.60 bits per heavy atom. The zero-order valence-corrected chi connectivity index (χ0v) is 6.84. The third-order valence-electron chi connectivity index (χ3n) is 2.33. The SMILES string of the molecule is CCCC1C(N)COC1C. The highest BCUT2D eigenvalue weighted by molar-refractivity contribution is 4.83. The molecule has 1 rings (SSSR count). The van der Waals surface area contributed by atoms with Crippen molar-refractivity contribution >= 4 is 0 Å². The van der Waals surface area contributed by atoms with E-state index in [1.807, 2.05) is 0 Å². The van der Waals surface area contributed by atoms with Crippen molar-refractivity contribution < 1.29 is 4.74 Å². The van der Waals surface area contributed by atoms with Crippen molar-refractivity contribution in [2.75, 3.05) is 6.61 Å². The molecular weight excluding hydrogens is 126 g/mol. The normalized spacial score (nSPS) is 40.5. The van der Waals surface area contributed by atoms with Crippen molar-refractivity contribution in [2.45, 2.75) is 38.8 Å². The lowest BCUT2D eigenvalue weighted by Crippen LogP contribution is -2.30. The molecular formula is C8H17NO. The molecule has 3 atom stereocenters. The number of rotatable bonds is 2. The van der Waals surface area contributed by atoms with Gasteiger partial charge in [0.25, 0.3) is 0 Å². The molecule has 0 saturated carbocycles. The highest BCUT2D eigenvalue weighted by Crippen LogP contribution is 2.23. The van der Waals surface area contributed by atoms with Crippen LogP contribution in [-0.2, 0) is 4.74 Å². The molecule has 1 aliphatic rings. The highest BCUT2D eigenvalue weighted by atomic mass is 16.5. The number of hydrogen-bond donors (Lipinski definition) is 1. The van der Waals surface area contributed by atoms with E-state index < -0.39 is 0 Å². The topological polar surface area (TPSA) is 35.2 Å². The van der Waals surface area contributed by atoms with Crippen LogP contribution in [0.15, 0.2) is 0 Å². The highest BCUT2D eigenvalue weighted by Gasteiger charge is 2.30. The van der Waals surface area contributed by atoms with Gasteiger partial charge in [-0.3, -0.25) is 0 Å². The van der Waals surface area contributed by atoms with Gasteiger partial charge in [-0.15, -0.1) is 0 Å². The minimum atomic E-state index is 0.287. The van der Waals surface area contributed by atoms with Crippen LogP contribution in [0.3, 0.4) is 0 Å². The zero-order chi connectivity index (χ0) is 7.56. The lowest BCUT2D eigenvalue weighted by molar-refractivity contribution is 0.103. The molecule has 0 radical (unpaired) electrons. The first-order valence-corrected chi connectivity index (χ1v) is 4.13. The van der Waals surface area contributed by atoms with Crippen LogP contribution in [0.5, 0.6) is 0 Å². The average Bonchev–Trinajstić information content (AvgIpc) is 2.20. The third kappa shape index (κ3) is 1.50. The van der Waals surface area contributed by atoms with Gasteiger partial charge in [-0.25, -0.2) is 0 Å². The van der Waals surface area contributed by atoms with Crippen LogP contribution in [-0.4, -0.2) is 18.8 Å². The molecule has 0 aliphatic carbocycles. The molecule has 3 unspecified atom stereocenters. The van der Waals surface area contributed by atoms with Crippen LogP contribution in [0.25, 0.3) is 0 Å². The van der Waals surface area contributed by atoms with E-state index in [0.717, 1.165) is 6.61 Å². The van der Waals surface area contributed by atoms with Gasteiger partial charge in [0.05, 0.1) is 12.7 Å². The molecule has 0 aromatic rings. The Morgan fingerprint density at radius 2 is 2.30 bits per heavy atom. The summed E-state index contributed by atoms with van der Waals surface area (Å²) in [6, 6.07) is 0.287. The van der Waals surface area contributed by atoms with Crippen molar-refractivity contribution in [2.24, 2.45) is 11.7 Å². The Morgan fingerprint density at radius 3 is 2.70 bits per heavy atom. The molecule has 0 amide bonds. The minimum Gasteiger partial charge on any atom is -0.377 e. The number of hydrogen-bond acceptors (Lipinski definition) is 2. The summed E-state index contributed by atoms with van der Waals surface area (Å²) in [7, 11) is 0. The molecule has 1 heterocycles. The van der Waals surface area contributed by atoms with Crippen LogP contribution in [0.4, 0.5) is 0 Å². The second-order valence-electron chi connectivity index (χ2n) is 3.15. The lowest BCUT2D eigenvalue weighted by atomic mass is 9.94. The van der Waals surface area contributed by atoms with E-state index in [1.165, 1.54) is 12.8 Å². The Labute approximate surface area is 62.7 Å². The van der Waals surface area contributed by atoms with Crippen molar-refractivity contribution in [1.29, 1.82) is 0 Å². The van der Waals surface area contributed by atoms with Crippen molar-refractivity contribution in [3.8, 4) is 0 Å². The van der Waals surface area contributed by atoms with Gasteiger partial charge < -0.3 is 10.5 Å². The van der Waals surface area contributed by atoms with Gasteiger partial charge in [0.1, 0.15) is 0 Å². The minimum absolute atomic E-state index is 0.287. The fourth-order valence-corrected chi connectivity index (χ4v) is 1.64. The first-order valence-electron chi connectivity index (χ1n) is 4.13. The predicted octanol–water partition coefficient (Wildman–Crippen LogP) is 1.15. The van der Waals surface area contributed by atoms with Crippen LogP contribution in [0, 0.1) is 5.92 Å². The lowest BCUT2D eigenvalue weighted by Gasteiger charge is -2.15. The molecule has 2 heteroatoms. The molecule has 2 N–H and O–H groups in total. The van der Waals surface area contributed by atoms with Gasteiger partial charge in [0.15, 0.2) is 0 Å². The van der Waals surface area contributed by atoms with Gasteiger partial charge >= 0.3 is 0 Å². The van der Waals surface area contributed by atoms with Crippen molar-refractivity contribution in [1.82, 2.24) is 0 Å². The molecule has 0 aromatic heterocycles. The molecule has 60 valence electrons. The smallest absolute Gasteiger partial charge is 0.0624 e. The van der Waals surface area contributed by atoms with Gasteiger partial charge in [-0.2, -0.15) is 0 Å².